The average molecular weight is 231 g/mol. The first-order chi connectivity index (χ1) is 7.98. The average Bonchev–Trinajstić information content (AvgIpc) is 2.87. The summed E-state index contributed by atoms with van der Waals surface area (Å²) >= 11 is 0. The van der Waals surface area contributed by atoms with Gasteiger partial charge in [0.1, 0.15) is 6.10 Å². The van der Waals surface area contributed by atoms with Crippen LogP contribution in [-0.2, 0) is 4.74 Å². The number of hydrogen-bond acceptors (Lipinski definition) is 2. The Bertz CT molecular complexity index is 394. The van der Waals surface area contributed by atoms with E-state index in [4.69, 9.17) is 10.00 Å². The summed E-state index contributed by atoms with van der Waals surface area (Å²) in [6.07, 6.45) is 10.1. The van der Waals surface area contributed by atoms with Gasteiger partial charge in [-0.2, -0.15) is 5.26 Å². The van der Waals surface area contributed by atoms with Crippen LogP contribution in [0.1, 0.15) is 40.5 Å². The lowest BCUT2D eigenvalue weighted by atomic mass is 10.00. The van der Waals surface area contributed by atoms with Crippen molar-refractivity contribution in [3.05, 3.63) is 35.5 Å². The molecule has 1 fully saturated rings. The fraction of sp³-hybridized carbons (Fsp3) is 0.533. The van der Waals surface area contributed by atoms with Crippen molar-refractivity contribution < 1.29 is 4.74 Å². The molecule has 0 N–H and O–H groups in total. The number of hydrogen-bond donors (Lipinski definition) is 0. The van der Waals surface area contributed by atoms with Crippen LogP contribution in [0.4, 0.5) is 0 Å². The number of epoxide rings is 1. The second-order valence-electron chi connectivity index (χ2n) is 5.05. The zero-order valence-corrected chi connectivity index (χ0v) is 11.2. The zero-order chi connectivity index (χ0) is 12.9. The third-order valence-corrected chi connectivity index (χ3v) is 2.96. The predicted molar refractivity (Wildman–Crippen MR) is 70.5 cm³/mol. The molecule has 2 heteroatoms. The molecule has 2 unspecified atom stereocenters. The van der Waals surface area contributed by atoms with E-state index >= 15 is 0 Å². The normalized spacial score (nSPS) is 27.9. The van der Waals surface area contributed by atoms with Gasteiger partial charge in [-0.25, -0.2) is 0 Å². The lowest BCUT2D eigenvalue weighted by Crippen LogP contribution is -2.07. The van der Waals surface area contributed by atoms with Crippen molar-refractivity contribution >= 4 is 0 Å². The van der Waals surface area contributed by atoms with Gasteiger partial charge in [-0.1, -0.05) is 23.8 Å². The van der Waals surface area contributed by atoms with Gasteiger partial charge in [-0.05, 0) is 46.1 Å². The van der Waals surface area contributed by atoms with E-state index in [-0.39, 0.29) is 11.7 Å². The molecule has 0 amide bonds. The summed E-state index contributed by atoms with van der Waals surface area (Å²) in [6.45, 7) is 8.29. The molecule has 0 bridgehead atoms. The Morgan fingerprint density at radius 3 is 2.71 bits per heavy atom. The Labute approximate surface area is 104 Å². The Kier molecular flexibility index (Phi) is 4.72. The quantitative estimate of drug-likeness (QED) is 0.311. The number of nitriles is 1. The first-order valence-electron chi connectivity index (χ1n) is 6.04. The van der Waals surface area contributed by atoms with Crippen LogP contribution in [0.25, 0.3) is 0 Å². The molecule has 1 aliphatic rings. The van der Waals surface area contributed by atoms with Crippen molar-refractivity contribution in [1.82, 2.24) is 0 Å². The van der Waals surface area contributed by atoms with Crippen LogP contribution in [0.15, 0.2) is 35.5 Å². The summed E-state index contributed by atoms with van der Waals surface area (Å²) in [6, 6.07) is 2.02. The van der Waals surface area contributed by atoms with Crippen molar-refractivity contribution in [3.63, 3.8) is 0 Å². The smallest absolute Gasteiger partial charge is 0.105 e. The second kappa shape index (κ2) is 5.84. The van der Waals surface area contributed by atoms with Crippen molar-refractivity contribution in [2.45, 2.75) is 52.2 Å². The molecule has 17 heavy (non-hydrogen) atoms. The largest absolute Gasteiger partial charge is 0.362 e. The Morgan fingerprint density at radius 2 is 2.12 bits per heavy atom. The lowest BCUT2D eigenvalue weighted by Gasteiger charge is -2.02. The Morgan fingerprint density at radius 1 is 1.41 bits per heavy atom. The molecule has 0 saturated carbocycles. The highest BCUT2D eigenvalue weighted by atomic mass is 16.6. The molecule has 1 heterocycles. The molecule has 2 atom stereocenters. The van der Waals surface area contributed by atoms with Crippen molar-refractivity contribution in [2.24, 2.45) is 0 Å². The molecule has 1 rings (SSSR count). The van der Waals surface area contributed by atoms with Gasteiger partial charge in [-0.3, -0.25) is 0 Å². The maximum atomic E-state index is 8.49. The Balaban J connectivity index is 2.39. The predicted octanol–water partition coefficient (Wildman–Crippen LogP) is 3.92. The first-order valence-corrected chi connectivity index (χ1v) is 6.04. The van der Waals surface area contributed by atoms with Crippen LogP contribution in [0.3, 0.4) is 0 Å². The fourth-order valence-corrected chi connectivity index (χ4v) is 1.74. The van der Waals surface area contributed by atoms with Gasteiger partial charge in [0.25, 0.3) is 0 Å². The van der Waals surface area contributed by atoms with Gasteiger partial charge in [-0.15, -0.1) is 0 Å². The molecule has 0 aliphatic carbocycles. The van der Waals surface area contributed by atoms with E-state index in [0.717, 1.165) is 18.4 Å². The fourth-order valence-electron chi connectivity index (χ4n) is 1.74. The van der Waals surface area contributed by atoms with Crippen LogP contribution in [0.5, 0.6) is 0 Å². The molecule has 1 aliphatic heterocycles. The first kappa shape index (κ1) is 13.7. The number of allylic oxidation sites excluding steroid dienone is 5. The van der Waals surface area contributed by atoms with E-state index in [1.807, 2.05) is 25.1 Å². The standard InChI is InChI=1S/C15H21NO/c1-12(2)6-5-10-15(4)14(17-15)8-7-13(3)9-11-16/h6-9,14H,5,10H2,1-4H3/b8-7+,13-9+. The molecule has 0 radical (unpaired) electrons. The van der Waals surface area contributed by atoms with Gasteiger partial charge in [0.05, 0.1) is 11.7 Å². The minimum absolute atomic E-state index is 0.00459. The van der Waals surface area contributed by atoms with Crippen molar-refractivity contribution in [3.8, 4) is 6.07 Å². The van der Waals surface area contributed by atoms with Crippen LogP contribution < -0.4 is 0 Å². The summed E-state index contributed by atoms with van der Waals surface area (Å²) < 4.78 is 5.69. The lowest BCUT2D eigenvalue weighted by molar-refractivity contribution is 0.304. The van der Waals surface area contributed by atoms with E-state index < -0.39 is 0 Å². The van der Waals surface area contributed by atoms with E-state index in [2.05, 4.69) is 26.8 Å². The minimum atomic E-state index is -0.00459. The maximum Gasteiger partial charge on any atom is 0.105 e. The van der Waals surface area contributed by atoms with E-state index in [1.54, 1.807) is 6.08 Å². The maximum absolute atomic E-state index is 8.49. The molecule has 1 saturated heterocycles. The van der Waals surface area contributed by atoms with E-state index in [0.29, 0.717) is 0 Å². The zero-order valence-electron chi connectivity index (χ0n) is 11.2. The minimum Gasteiger partial charge on any atom is -0.362 e. The summed E-state index contributed by atoms with van der Waals surface area (Å²) in [7, 11) is 0. The molecule has 0 aromatic heterocycles. The molecule has 2 nitrogen and oxygen atoms in total. The summed E-state index contributed by atoms with van der Waals surface area (Å²) in [4.78, 5) is 0. The van der Waals surface area contributed by atoms with Gasteiger partial charge in [0, 0.05) is 6.08 Å². The number of ether oxygens (including phenoxy) is 1. The van der Waals surface area contributed by atoms with Crippen LogP contribution in [0, 0.1) is 11.3 Å². The van der Waals surface area contributed by atoms with Gasteiger partial charge in [0.2, 0.25) is 0 Å². The second-order valence-corrected chi connectivity index (χ2v) is 5.05. The summed E-state index contributed by atoms with van der Waals surface area (Å²) in [5.41, 5.74) is 2.32. The van der Waals surface area contributed by atoms with Gasteiger partial charge < -0.3 is 4.74 Å². The third-order valence-electron chi connectivity index (χ3n) is 2.96. The molecule has 92 valence electrons. The van der Waals surface area contributed by atoms with Crippen LogP contribution in [-0.4, -0.2) is 11.7 Å². The molecule has 0 aromatic rings. The monoisotopic (exact) mass is 231 g/mol. The molecular formula is C15H21NO. The Hall–Kier alpha value is -1.33. The topological polar surface area (TPSA) is 36.3 Å². The molecular weight excluding hydrogens is 210 g/mol. The third kappa shape index (κ3) is 4.58. The van der Waals surface area contributed by atoms with Crippen LogP contribution >= 0.6 is 0 Å². The number of rotatable bonds is 5. The van der Waals surface area contributed by atoms with Crippen molar-refractivity contribution in [2.75, 3.05) is 0 Å². The number of nitrogens with zero attached hydrogens (tertiary/aromatic N) is 1. The summed E-state index contributed by atoms with van der Waals surface area (Å²) in [5.74, 6) is 0. The summed E-state index contributed by atoms with van der Waals surface area (Å²) in [5, 5.41) is 8.49. The molecule has 0 spiro atoms. The van der Waals surface area contributed by atoms with Gasteiger partial charge in [0.15, 0.2) is 0 Å². The van der Waals surface area contributed by atoms with Gasteiger partial charge >= 0.3 is 0 Å². The molecule has 0 aromatic carbocycles. The van der Waals surface area contributed by atoms with Crippen LogP contribution in [0.2, 0.25) is 0 Å². The highest BCUT2D eigenvalue weighted by Gasteiger charge is 2.49. The van der Waals surface area contributed by atoms with E-state index in [9.17, 15) is 0 Å². The highest BCUT2D eigenvalue weighted by molar-refractivity contribution is 5.25. The van der Waals surface area contributed by atoms with Crippen molar-refractivity contribution in [1.29, 1.82) is 5.26 Å². The highest BCUT2D eigenvalue weighted by Crippen LogP contribution is 2.41. The SMILES string of the molecule is CC(C)=CCCC1(C)OC1/C=C/C(C)=C/C#N. The van der Waals surface area contributed by atoms with E-state index in [1.165, 1.54) is 5.57 Å².